The fraction of sp³-hybridized carbons (Fsp3) is 0.0968. The molecule has 1 aromatic heterocycles. The van der Waals surface area contributed by atoms with E-state index in [0.717, 1.165) is 51.9 Å². The SMILES string of the molecule is O=C1Nc2ccccc2CCC1Sc1nc(-c2ccccc2)c(-c2ccccc2)n1-c1ccccc1. The van der Waals surface area contributed by atoms with Crippen LogP contribution in [-0.2, 0) is 11.2 Å². The Kier molecular flexibility index (Phi) is 6.14. The van der Waals surface area contributed by atoms with Crippen LogP contribution in [0.2, 0.25) is 0 Å². The molecule has 0 radical (unpaired) electrons. The first kappa shape index (κ1) is 22.4. The third-order valence-corrected chi connectivity index (χ3v) is 7.67. The zero-order chi connectivity index (χ0) is 24.3. The second-order valence-corrected chi connectivity index (χ2v) is 9.96. The molecule has 36 heavy (non-hydrogen) atoms. The number of hydrogen-bond acceptors (Lipinski definition) is 3. The zero-order valence-electron chi connectivity index (χ0n) is 19.7. The Balaban J connectivity index is 1.50. The minimum absolute atomic E-state index is 0.0232. The molecule has 5 heteroatoms. The molecule has 1 unspecified atom stereocenters. The summed E-state index contributed by atoms with van der Waals surface area (Å²) in [6, 6.07) is 39.0. The number of amides is 1. The van der Waals surface area contributed by atoms with Gasteiger partial charge in [0.25, 0.3) is 0 Å². The van der Waals surface area contributed by atoms with E-state index in [0.29, 0.717) is 0 Å². The van der Waals surface area contributed by atoms with Crippen LogP contribution in [0.25, 0.3) is 28.2 Å². The van der Waals surface area contributed by atoms with E-state index >= 15 is 0 Å². The van der Waals surface area contributed by atoms with Crippen LogP contribution >= 0.6 is 11.8 Å². The molecule has 0 aliphatic carbocycles. The first-order chi connectivity index (χ1) is 17.8. The molecule has 0 saturated carbocycles. The number of carbonyl (C=O) groups excluding carboxylic acids is 1. The summed E-state index contributed by atoms with van der Waals surface area (Å²) in [5.74, 6) is 0.0232. The molecule has 0 saturated heterocycles. The molecule has 1 atom stereocenters. The van der Waals surface area contributed by atoms with Gasteiger partial charge in [-0.15, -0.1) is 0 Å². The molecule has 4 aromatic carbocycles. The lowest BCUT2D eigenvalue weighted by molar-refractivity contribution is -0.115. The second-order valence-electron chi connectivity index (χ2n) is 8.79. The van der Waals surface area contributed by atoms with E-state index in [2.05, 4.69) is 64.5 Å². The van der Waals surface area contributed by atoms with E-state index in [1.807, 2.05) is 60.7 Å². The maximum absolute atomic E-state index is 13.3. The van der Waals surface area contributed by atoms with Gasteiger partial charge >= 0.3 is 0 Å². The number of imidazole rings is 1. The van der Waals surface area contributed by atoms with Gasteiger partial charge < -0.3 is 5.32 Å². The first-order valence-corrected chi connectivity index (χ1v) is 13.0. The third kappa shape index (κ3) is 4.34. The van der Waals surface area contributed by atoms with Gasteiger partial charge in [-0.2, -0.15) is 0 Å². The third-order valence-electron chi connectivity index (χ3n) is 6.45. The van der Waals surface area contributed by atoms with Crippen molar-refractivity contribution in [3.05, 3.63) is 121 Å². The van der Waals surface area contributed by atoms with E-state index in [9.17, 15) is 4.79 Å². The van der Waals surface area contributed by atoms with Crippen molar-refractivity contribution < 1.29 is 4.79 Å². The number of thioether (sulfide) groups is 1. The topological polar surface area (TPSA) is 46.9 Å². The molecule has 0 spiro atoms. The summed E-state index contributed by atoms with van der Waals surface area (Å²) in [5.41, 5.74) is 7.16. The highest BCUT2D eigenvalue weighted by Gasteiger charge is 2.29. The molecule has 1 aliphatic rings. The summed E-state index contributed by atoms with van der Waals surface area (Å²) in [4.78, 5) is 18.5. The normalized spacial score (nSPS) is 15.1. The fourth-order valence-corrected chi connectivity index (χ4v) is 5.79. The lowest BCUT2D eigenvalue weighted by Gasteiger charge is -2.16. The Hall–Kier alpha value is -4.09. The molecule has 176 valence electrons. The van der Waals surface area contributed by atoms with Crippen molar-refractivity contribution in [1.29, 1.82) is 0 Å². The quantitative estimate of drug-likeness (QED) is 0.284. The highest BCUT2D eigenvalue weighted by Crippen LogP contribution is 2.40. The minimum Gasteiger partial charge on any atom is -0.325 e. The van der Waals surface area contributed by atoms with Crippen molar-refractivity contribution in [2.45, 2.75) is 23.2 Å². The first-order valence-electron chi connectivity index (χ1n) is 12.1. The summed E-state index contributed by atoms with van der Waals surface area (Å²) in [6.07, 6.45) is 1.59. The van der Waals surface area contributed by atoms with Gasteiger partial charge in [-0.1, -0.05) is 109 Å². The van der Waals surface area contributed by atoms with Crippen LogP contribution in [-0.4, -0.2) is 20.7 Å². The van der Waals surface area contributed by atoms with Crippen molar-refractivity contribution in [3.63, 3.8) is 0 Å². The van der Waals surface area contributed by atoms with Gasteiger partial charge in [-0.3, -0.25) is 9.36 Å². The van der Waals surface area contributed by atoms with E-state index in [1.165, 1.54) is 5.56 Å². The summed E-state index contributed by atoms with van der Waals surface area (Å²) in [6.45, 7) is 0. The smallest absolute Gasteiger partial charge is 0.237 e. The van der Waals surface area contributed by atoms with Crippen LogP contribution in [0.3, 0.4) is 0 Å². The van der Waals surface area contributed by atoms with E-state index < -0.39 is 0 Å². The highest BCUT2D eigenvalue weighted by molar-refractivity contribution is 8.00. The number of anilines is 1. The van der Waals surface area contributed by atoms with Crippen LogP contribution in [0.1, 0.15) is 12.0 Å². The molecule has 4 nitrogen and oxygen atoms in total. The molecule has 6 rings (SSSR count). The zero-order valence-corrected chi connectivity index (χ0v) is 20.5. The van der Waals surface area contributed by atoms with Crippen LogP contribution in [0.5, 0.6) is 0 Å². The number of para-hydroxylation sites is 2. The molecule has 1 N–H and O–H groups in total. The summed E-state index contributed by atoms with van der Waals surface area (Å²) < 4.78 is 2.20. The van der Waals surface area contributed by atoms with Crippen molar-refractivity contribution in [2.24, 2.45) is 0 Å². The molecule has 5 aromatic rings. The largest absolute Gasteiger partial charge is 0.325 e. The summed E-state index contributed by atoms with van der Waals surface area (Å²) >= 11 is 1.54. The summed E-state index contributed by atoms with van der Waals surface area (Å²) in [7, 11) is 0. The van der Waals surface area contributed by atoms with E-state index in [1.54, 1.807) is 11.8 Å². The average molecular weight is 488 g/mol. The number of aryl methyl sites for hydroxylation is 1. The van der Waals surface area contributed by atoms with Crippen molar-refractivity contribution in [2.75, 3.05) is 5.32 Å². The van der Waals surface area contributed by atoms with Crippen LogP contribution < -0.4 is 5.32 Å². The van der Waals surface area contributed by atoms with Gasteiger partial charge in [0.2, 0.25) is 5.91 Å². The van der Waals surface area contributed by atoms with Gasteiger partial charge in [0.05, 0.1) is 16.6 Å². The Morgan fingerprint density at radius 3 is 2.08 bits per heavy atom. The van der Waals surface area contributed by atoms with E-state index in [-0.39, 0.29) is 11.2 Å². The predicted molar refractivity (Wildman–Crippen MR) is 147 cm³/mol. The molecule has 1 amide bonds. The lowest BCUT2D eigenvalue weighted by Crippen LogP contribution is -2.24. The minimum atomic E-state index is -0.255. The van der Waals surface area contributed by atoms with Crippen molar-refractivity contribution in [3.8, 4) is 28.2 Å². The molecule has 1 aliphatic heterocycles. The molecule has 0 fully saturated rings. The van der Waals surface area contributed by atoms with Crippen molar-refractivity contribution >= 4 is 23.4 Å². The van der Waals surface area contributed by atoms with Gasteiger partial charge in [-0.25, -0.2) is 4.98 Å². The predicted octanol–water partition coefficient (Wildman–Crippen LogP) is 7.25. The fourth-order valence-electron chi connectivity index (χ4n) is 4.69. The van der Waals surface area contributed by atoms with Gasteiger partial charge in [-0.05, 0) is 36.6 Å². The molecule has 2 heterocycles. The van der Waals surface area contributed by atoms with Crippen LogP contribution in [0.4, 0.5) is 5.69 Å². The Bertz CT molecular complexity index is 1500. The number of aromatic nitrogens is 2. The molecular weight excluding hydrogens is 462 g/mol. The monoisotopic (exact) mass is 487 g/mol. The van der Waals surface area contributed by atoms with Gasteiger partial charge in [0.15, 0.2) is 5.16 Å². The number of benzene rings is 4. The standard InChI is InChI=1S/C31H25N3OS/c35-30-27(21-20-22-12-10-11-19-26(22)32-30)36-31-33-28(23-13-4-1-5-14-23)29(24-15-6-2-7-16-24)34(31)25-17-8-3-9-18-25/h1-19,27H,20-21H2,(H,32,35). The number of hydrogen-bond donors (Lipinski definition) is 1. The Labute approximate surface area is 215 Å². The maximum Gasteiger partial charge on any atom is 0.237 e. The van der Waals surface area contributed by atoms with Gasteiger partial charge in [0.1, 0.15) is 0 Å². The van der Waals surface area contributed by atoms with Gasteiger partial charge in [0, 0.05) is 22.5 Å². The number of rotatable bonds is 5. The maximum atomic E-state index is 13.3. The van der Waals surface area contributed by atoms with E-state index in [4.69, 9.17) is 4.98 Å². The van der Waals surface area contributed by atoms with Crippen LogP contribution in [0.15, 0.2) is 120 Å². The lowest BCUT2D eigenvalue weighted by atomic mass is 10.0. The number of nitrogens with one attached hydrogen (secondary N) is 1. The molecule has 0 bridgehead atoms. The average Bonchev–Trinajstić information content (AvgIpc) is 3.24. The second kappa shape index (κ2) is 9.88. The Morgan fingerprint density at radius 1 is 0.750 bits per heavy atom. The highest BCUT2D eigenvalue weighted by atomic mass is 32.2. The number of carbonyl (C=O) groups is 1. The van der Waals surface area contributed by atoms with Crippen molar-refractivity contribution in [1.82, 2.24) is 9.55 Å². The molecular formula is C31H25N3OS. The Morgan fingerprint density at radius 2 is 1.36 bits per heavy atom. The number of fused-ring (bicyclic) bond motifs is 1. The summed E-state index contributed by atoms with van der Waals surface area (Å²) in [5, 5.41) is 3.70. The van der Waals surface area contributed by atoms with Crippen LogP contribution in [0, 0.1) is 0 Å². The number of nitrogens with zero attached hydrogens (tertiary/aromatic N) is 2.